The summed E-state index contributed by atoms with van der Waals surface area (Å²) in [4.78, 5) is 14.4. The molecule has 1 rings (SSSR count). The van der Waals surface area contributed by atoms with E-state index in [-0.39, 0.29) is 12.8 Å². The minimum absolute atomic E-state index is 0.0271. The number of nitrogens with two attached hydrogens (primary N) is 1. The molecule has 78 valence electrons. The van der Waals surface area contributed by atoms with Crippen LogP contribution < -0.4 is 11.4 Å². The predicted molar refractivity (Wildman–Crippen MR) is 49.1 cm³/mol. The van der Waals surface area contributed by atoms with Crippen LogP contribution >= 0.6 is 0 Å². The second-order valence-electron chi connectivity index (χ2n) is 3.07. The lowest BCUT2D eigenvalue weighted by molar-refractivity contribution is 0.0256. The summed E-state index contributed by atoms with van der Waals surface area (Å²) in [6, 6.07) is 0. The molecule has 0 bridgehead atoms. The van der Waals surface area contributed by atoms with E-state index in [0.29, 0.717) is 0 Å². The summed E-state index contributed by atoms with van der Waals surface area (Å²) in [5.41, 5.74) is 4.48. The van der Waals surface area contributed by atoms with Gasteiger partial charge in [0.15, 0.2) is 11.6 Å². The van der Waals surface area contributed by atoms with Crippen molar-refractivity contribution in [2.24, 2.45) is 0 Å². The summed E-state index contributed by atoms with van der Waals surface area (Å²) in [5.74, 6) is -1.12. The Morgan fingerprint density at radius 1 is 1.71 bits per heavy atom. The van der Waals surface area contributed by atoms with Crippen LogP contribution in [0.2, 0.25) is 0 Å². The molecular formula is C8H12FN3O2. The Balaban J connectivity index is 2.88. The molecular weight excluding hydrogens is 189 g/mol. The number of anilines is 1. The molecule has 0 fully saturated rings. The van der Waals surface area contributed by atoms with Gasteiger partial charge in [0.2, 0.25) is 0 Å². The summed E-state index contributed by atoms with van der Waals surface area (Å²) in [5, 5.41) is 0. The van der Waals surface area contributed by atoms with Gasteiger partial charge in [-0.05, 0) is 13.8 Å². The molecule has 0 aliphatic carbocycles. The van der Waals surface area contributed by atoms with Crippen LogP contribution in [0.25, 0.3) is 0 Å². The Morgan fingerprint density at radius 2 is 2.36 bits per heavy atom. The maximum absolute atomic E-state index is 12.9. The van der Waals surface area contributed by atoms with Crippen molar-refractivity contribution in [1.82, 2.24) is 9.55 Å². The molecule has 5 nitrogen and oxygen atoms in total. The second-order valence-corrected chi connectivity index (χ2v) is 3.07. The first-order valence-electron chi connectivity index (χ1n) is 4.14. The van der Waals surface area contributed by atoms with Gasteiger partial charge in [0.05, 0.1) is 12.3 Å². The van der Waals surface area contributed by atoms with Crippen LogP contribution in [0.15, 0.2) is 11.0 Å². The van der Waals surface area contributed by atoms with Crippen molar-refractivity contribution in [3.05, 3.63) is 22.5 Å². The van der Waals surface area contributed by atoms with Crippen LogP contribution in [0.4, 0.5) is 10.2 Å². The van der Waals surface area contributed by atoms with Crippen molar-refractivity contribution < 1.29 is 9.13 Å². The van der Waals surface area contributed by atoms with Crippen molar-refractivity contribution in [2.75, 3.05) is 5.73 Å². The molecule has 0 amide bonds. The number of ether oxygens (including phenoxy) is 1. The highest BCUT2D eigenvalue weighted by Gasteiger charge is 2.05. The summed E-state index contributed by atoms with van der Waals surface area (Å²) in [6.45, 7) is 3.60. The molecule has 1 aromatic heterocycles. The van der Waals surface area contributed by atoms with Crippen LogP contribution in [0.1, 0.15) is 13.8 Å². The standard InChI is InChI=1S/C8H12FN3O2/c1-5(2)14-4-12-3-6(9)7(10)11-8(12)13/h3,5H,4H2,1-2H3,(H2,10,11,13). The number of nitrogen functional groups attached to an aromatic ring is 1. The Labute approximate surface area is 80.3 Å². The van der Waals surface area contributed by atoms with Gasteiger partial charge in [-0.25, -0.2) is 9.18 Å². The molecule has 0 unspecified atom stereocenters. The molecule has 0 aromatic carbocycles. The first kappa shape index (κ1) is 10.6. The highest BCUT2D eigenvalue weighted by molar-refractivity contribution is 5.26. The van der Waals surface area contributed by atoms with E-state index >= 15 is 0 Å². The van der Waals surface area contributed by atoms with E-state index in [4.69, 9.17) is 10.5 Å². The fourth-order valence-corrected chi connectivity index (χ4v) is 0.801. The van der Waals surface area contributed by atoms with Gasteiger partial charge in [-0.3, -0.25) is 4.57 Å². The monoisotopic (exact) mass is 201 g/mol. The van der Waals surface area contributed by atoms with Gasteiger partial charge in [-0.2, -0.15) is 4.98 Å². The topological polar surface area (TPSA) is 70.1 Å². The average Bonchev–Trinajstić information content (AvgIpc) is 2.09. The Morgan fingerprint density at radius 3 is 2.93 bits per heavy atom. The van der Waals surface area contributed by atoms with E-state index in [1.807, 2.05) is 13.8 Å². The lowest BCUT2D eigenvalue weighted by Crippen LogP contribution is -2.26. The summed E-state index contributed by atoms with van der Waals surface area (Å²) in [7, 11) is 0. The quantitative estimate of drug-likeness (QED) is 0.765. The number of rotatable bonds is 3. The highest BCUT2D eigenvalue weighted by Crippen LogP contribution is 2.01. The zero-order chi connectivity index (χ0) is 10.7. The second kappa shape index (κ2) is 4.19. The SMILES string of the molecule is CC(C)OCn1cc(F)c(N)nc1=O. The molecule has 0 saturated heterocycles. The van der Waals surface area contributed by atoms with E-state index in [1.165, 1.54) is 0 Å². The average molecular weight is 201 g/mol. The lowest BCUT2D eigenvalue weighted by atomic mass is 10.5. The molecule has 14 heavy (non-hydrogen) atoms. The van der Waals surface area contributed by atoms with E-state index in [2.05, 4.69) is 4.98 Å². The largest absolute Gasteiger partial charge is 0.381 e. The molecule has 0 radical (unpaired) electrons. The Hall–Kier alpha value is -1.43. The summed E-state index contributed by atoms with van der Waals surface area (Å²) >= 11 is 0. The van der Waals surface area contributed by atoms with Crippen LogP contribution in [0.5, 0.6) is 0 Å². The summed E-state index contributed by atoms with van der Waals surface area (Å²) in [6.07, 6.45) is 0.940. The van der Waals surface area contributed by atoms with Crippen molar-refractivity contribution in [2.45, 2.75) is 26.7 Å². The minimum Gasteiger partial charge on any atom is -0.381 e. The zero-order valence-electron chi connectivity index (χ0n) is 8.03. The van der Waals surface area contributed by atoms with Crippen molar-refractivity contribution in [3.63, 3.8) is 0 Å². The van der Waals surface area contributed by atoms with Crippen molar-refractivity contribution >= 4 is 5.82 Å². The normalized spacial score (nSPS) is 10.9. The zero-order valence-corrected chi connectivity index (χ0v) is 8.03. The number of hydrogen-bond donors (Lipinski definition) is 1. The molecule has 1 heterocycles. The fourth-order valence-electron chi connectivity index (χ4n) is 0.801. The van der Waals surface area contributed by atoms with Gasteiger partial charge in [-0.15, -0.1) is 0 Å². The van der Waals surface area contributed by atoms with Gasteiger partial charge < -0.3 is 10.5 Å². The molecule has 0 spiro atoms. The minimum atomic E-state index is -0.725. The van der Waals surface area contributed by atoms with Crippen LogP contribution in [0.3, 0.4) is 0 Å². The number of aromatic nitrogens is 2. The predicted octanol–water partition coefficient (Wildman–Crippen LogP) is 0.347. The third-order valence-corrected chi connectivity index (χ3v) is 1.52. The maximum atomic E-state index is 12.9. The van der Waals surface area contributed by atoms with E-state index in [1.54, 1.807) is 0 Å². The molecule has 0 saturated carbocycles. The number of nitrogens with zero attached hydrogens (tertiary/aromatic N) is 2. The fraction of sp³-hybridized carbons (Fsp3) is 0.500. The molecule has 1 aromatic rings. The van der Waals surface area contributed by atoms with Gasteiger partial charge in [0.25, 0.3) is 0 Å². The van der Waals surface area contributed by atoms with Gasteiger partial charge >= 0.3 is 5.69 Å². The first-order valence-corrected chi connectivity index (χ1v) is 4.14. The number of hydrogen-bond acceptors (Lipinski definition) is 4. The molecule has 0 aliphatic rings. The Bertz CT molecular complexity index is 375. The molecule has 2 N–H and O–H groups in total. The smallest absolute Gasteiger partial charge is 0.351 e. The lowest BCUT2D eigenvalue weighted by Gasteiger charge is -2.09. The molecule has 0 atom stereocenters. The summed E-state index contributed by atoms with van der Waals surface area (Å²) < 4.78 is 19.0. The first-order chi connectivity index (χ1) is 6.50. The maximum Gasteiger partial charge on any atom is 0.351 e. The van der Waals surface area contributed by atoms with Gasteiger partial charge in [0, 0.05) is 0 Å². The van der Waals surface area contributed by atoms with Crippen LogP contribution in [-0.2, 0) is 11.5 Å². The third-order valence-electron chi connectivity index (χ3n) is 1.52. The van der Waals surface area contributed by atoms with Crippen molar-refractivity contribution in [3.8, 4) is 0 Å². The van der Waals surface area contributed by atoms with Crippen LogP contribution in [-0.4, -0.2) is 15.7 Å². The van der Waals surface area contributed by atoms with Crippen molar-refractivity contribution in [1.29, 1.82) is 0 Å². The molecule has 6 heteroatoms. The van der Waals surface area contributed by atoms with E-state index in [9.17, 15) is 9.18 Å². The third kappa shape index (κ3) is 2.53. The highest BCUT2D eigenvalue weighted by atomic mass is 19.1. The van der Waals surface area contributed by atoms with E-state index in [0.717, 1.165) is 10.8 Å². The molecule has 0 aliphatic heterocycles. The van der Waals surface area contributed by atoms with E-state index < -0.39 is 17.3 Å². The van der Waals surface area contributed by atoms with Gasteiger partial charge in [0.1, 0.15) is 6.73 Å². The number of halogens is 1. The van der Waals surface area contributed by atoms with Crippen LogP contribution in [0, 0.1) is 5.82 Å². The Kier molecular flexibility index (Phi) is 3.19. The van der Waals surface area contributed by atoms with Gasteiger partial charge in [-0.1, -0.05) is 0 Å².